The Morgan fingerprint density at radius 1 is 0.562 bits per heavy atom. The number of carboxylic acids is 1. The number of rotatable bonds is 39. The minimum Gasteiger partial charge on any atom is -0.481 e. The zero-order valence-electron chi connectivity index (χ0n) is 46.1. The third kappa shape index (κ3) is 20.1. The van der Waals surface area contributed by atoms with E-state index >= 15 is 0 Å². The number of nitrogens with one attached hydrogen (secondary N) is 3. The van der Waals surface area contributed by atoms with Gasteiger partial charge in [0.2, 0.25) is 11.8 Å². The van der Waals surface area contributed by atoms with Gasteiger partial charge in [-0.25, -0.2) is 9.59 Å². The molecule has 1 aliphatic rings. The van der Waals surface area contributed by atoms with Crippen LogP contribution in [0.2, 0.25) is 5.02 Å². The number of hydrogen-bond donors (Lipinski definition) is 4. The van der Waals surface area contributed by atoms with E-state index in [1.807, 2.05) is 91.0 Å². The first-order valence-corrected chi connectivity index (χ1v) is 28.8. The minimum absolute atomic E-state index is 0.00868. The highest BCUT2D eigenvalue weighted by Gasteiger charge is 2.44. The van der Waals surface area contributed by atoms with Crippen LogP contribution in [0.1, 0.15) is 142 Å². The summed E-state index contributed by atoms with van der Waals surface area (Å²) in [6, 6.07) is 39.4. The van der Waals surface area contributed by atoms with E-state index in [0.29, 0.717) is 93.7 Å². The van der Waals surface area contributed by atoms with Crippen molar-refractivity contribution in [1.82, 2.24) is 16.0 Å². The number of fused-ring (bicyclic) bond motifs is 3. The van der Waals surface area contributed by atoms with E-state index in [0.717, 1.165) is 63.4 Å². The van der Waals surface area contributed by atoms with Gasteiger partial charge in [-0.1, -0.05) is 197 Å². The lowest BCUT2D eigenvalue weighted by atomic mass is 9.79. The van der Waals surface area contributed by atoms with Gasteiger partial charge in [-0.15, -0.1) is 0 Å². The van der Waals surface area contributed by atoms with Crippen LogP contribution in [0.3, 0.4) is 0 Å². The van der Waals surface area contributed by atoms with Crippen LogP contribution in [0.5, 0.6) is 0 Å². The van der Waals surface area contributed by atoms with Gasteiger partial charge in [0, 0.05) is 73.2 Å². The van der Waals surface area contributed by atoms with Gasteiger partial charge in [0.1, 0.15) is 12.6 Å². The number of ether oxygens (including phenoxy) is 5. The lowest BCUT2D eigenvalue weighted by Gasteiger charge is -2.37. The molecule has 14 nitrogen and oxygen atoms in total. The van der Waals surface area contributed by atoms with Crippen molar-refractivity contribution in [2.45, 2.75) is 120 Å². The maximum Gasteiger partial charge on any atom is 0.407 e. The number of hydrogen-bond acceptors (Lipinski definition) is 10. The average molecular weight is 1110 g/mol. The van der Waals surface area contributed by atoms with Crippen molar-refractivity contribution in [1.29, 1.82) is 0 Å². The number of aliphatic carboxylic acids is 1. The molecule has 0 heterocycles. The van der Waals surface area contributed by atoms with E-state index in [2.05, 4.69) is 46.8 Å². The maximum absolute atomic E-state index is 14.8. The molecule has 6 rings (SSSR count). The molecule has 1 unspecified atom stereocenters. The number of benzene rings is 5. The second kappa shape index (κ2) is 35.0. The second-order valence-electron chi connectivity index (χ2n) is 20.0. The number of halogens is 1. The molecule has 15 heteroatoms. The fourth-order valence-electron chi connectivity index (χ4n) is 9.96. The number of carbonyl (C=O) groups excluding carboxylic acids is 4. The van der Waals surface area contributed by atoms with Gasteiger partial charge in [-0.2, -0.15) is 0 Å². The number of alkyl carbamates (subject to hydrolysis) is 1. The van der Waals surface area contributed by atoms with Crippen molar-refractivity contribution in [3.63, 3.8) is 0 Å². The lowest BCUT2D eigenvalue weighted by molar-refractivity contribution is -0.157. The van der Waals surface area contributed by atoms with Gasteiger partial charge in [0.15, 0.2) is 5.60 Å². The van der Waals surface area contributed by atoms with Crippen LogP contribution >= 0.6 is 11.6 Å². The maximum atomic E-state index is 14.8. The fourth-order valence-corrected chi connectivity index (χ4v) is 10.2. The molecule has 0 spiro atoms. The molecule has 0 fully saturated rings. The summed E-state index contributed by atoms with van der Waals surface area (Å²) in [4.78, 5) is 64.9. The minimum atomic E-state index is -1.53. The summed E-state index contributed by atoms with van der Waals surface area (Å²) in [6.45, 7) is 7.36. The van der Waals surface area contributed by atoms with Crippen LogP contribution in [0, 0.1) is 0 Å². The molecule has 0 saturated heterocycles. The highest BCUT2D eigenvalue weighted by Crippen LogP contribution is 2.45. The SMILES string of the molecule is C=Cc1ccc(C(OC(=O)[C@H](CCC(=O)NCCCOCCOCCOCCCNC(=O)OCC2c3ccccc3-c3ccccc32)NC(=O)CCCCCCCCCCCCC(=O)O)(c2ccccc2)c2ccccc2Cl)cc1. The summed E-state index contributed by atoms with van der Waals surface area (Å²) in [6.07, 6.45) is 12.3. The number of amides is 3. The first kappa shape index (κ1) is 62.4. The van der Waals surface area contributed by atoms with Gasteiger partial charge in [-0.05, 0) is 66.0 Å². The first-order valence-electron chi connectivity index (χ1n) is 28.5. The van der Waals surface area contributed by atoms with Gasteiger partial charge in [-0.3, -0.25) is 14.4 Å². The molecule has 2 atom stereocenters. The third-order valence-electron chi connectivity index (χ3n) is 14.2. The van der Waals surface area contributed by atoms with E-state index < -0.39 is 29.7 Å². The normalized spacial score (nSPS) is 12.8. The Labute approximate surface area is 477 Å². The van der Waals surface area contributed by atoms with E-state index in [-0.39, 0.29) is 50.0 Å². The Kier molecular flexibility index (Phi) is 27.3. The molecule has 428 valence electrons. The second-order valence-corrected chi connectivity index (χ2v) is 20.4. The number of carbonyl (C=O) groups is 5. The summed E-state index contributed by atoms with van der Waals surface area (Å²) in [7, 11) is 0. The molecule has 5 aromatic carbocycles. The molecule has 1 aliphatic carbocycles. The lowest BCUT2D eigenvalue weighted by Crippen LogP contribution is -2.46. The van der Waals surface area contributed by atoms with Crippen LogP contribution in [0.15, 0.2) is 134 Å². The molecule has 0 radical (unpaired) electrons. The van der Waals surface area contributed by atoms with Crippen LogP contribution in [-0.4, -0.2) is 100 Å². The third-order valence-corrected chi connectivity index (χ3v) is 14.5. The molecule has 3 amide bonds. The van der Waals surface area contributed by atoms with Gasteiger partial charge >= 0.3 is 18.0 Å². The largest absolute Gasteiger partial charge is 0.481 e. The summed E-state index contributed by atoms with van der Waals surface area (Å²) in [5.41, 5.74) is 5.85. The Balaban J connectivity index is 0.894. The monoisotopic (exact) mass is 1110 g/mol. The van der Waals surface area contributed by atoms with Gasteiger partial charge < -0.3 is 44.7 Å². The van der Waals surface area contributed by atoms with Crippen molar-refractivity contribution in [2.24, 2.45) is 0 Å². The Hall–Kier alpha value is -6.84. The summed E-state index contributed by atoms with van der Waals surface area (Å²) >= 11 is 6.96. The molecule has 4 N–H and O–H groups in total. The van der Waals surface area contributed by atoms with Crippen molar-refractivity contribution in [2.75, 3.05) is 59.3 Å². The zero-order valence-corrected chi connectivity index (χ0v) is 46.9. The molecule has 0 aromatic heterocycles. The van der Waals surface area contributed by atoms with Crippen molar-refractivity contribution in [3.05, 3.63) is 172 Å². The van der Waals surface area contributed by atoms with Gasteiger partial charge in [0.05, 0.1) is 26.4 Å². The molecule has 0 bridgehead atoms. The Morgan fingerprint density at radius 2 is 1.07 bits per heavy atom. The Morgan fingerprint density at radius 3 is 1.66 bits per heavy atom. The molecular formula is C65H80ClN3O11. The van der Waals surface area contributed by atoms with Crippen LogP contribution in [0.25, 0.3) is 17.2 Å². The molecule has 0 saturated carbocycles. The highest BCUT2D eigenvalue weighted by atomic mass is 35.5. The first-order chi connectivity index (χ1) is 39.1. The number of esters is 1. The Bertz CT molecular complexity index is 2660. The van der Waals surface area contributed by atoms with Crippen molar-refractivity contribution in [3.8, 4) is 11.1 Å². The van der Waals surface area contributed by atoms with E-state index in [1.165, 1.54) is 22.3 Å². The van der Waals surface area contributed by atoms with E-state index in [4.69, 9.17) is 40.4 Å². The standard InChI is InChI=1S/C65H80ClN3O11/c1-2-49-34-36-51(37-35-49)65(50-24-12-11-13-25-50,57-30-20-21-31-58(57)66)80-63(74)59(69-61(71)32-14-9-7-5-3-4-6-8-10-15-33-62(72)73)38-39-60(70)67-40-22-42-76-44-46-78-47-45-77-43-23-41-68-64(75)79-48-56-54-28-18-16-26-52(54)53-27-17-19-29-55(53)56/h2,11-13,16-21,24-31,34-37,56,59H,1,3-10,14-15,22-23,32-33,38-48H2,(H,67,70)(H,68,75)(H,69,71)(H,72,73)/t59-,65?/m0/s1. The molecule has 5 aromatic rings. The van der Waals surface area contributed by atoms with Crippen LogP contribution in [-0.2, 0) is 48.5 Å². The molecular weight excluding hydrogens is 1030 g/mol. The number of unbranched alkanes of at least 4 members (excludes halogenated alkanes) is 9. The van der Waals surface area contributed by atoms with Gasteiger partial charge in [0.25, 0.3) is 0 Å². The zero-order chi connectivity index (χ0) is 56.6. The number of carboxylic acid groups (broad SMARTS) is 1. The van der Waals surface area contributed by atoms with E-state index in [1.54, 1.807) is 18.2 Å². The summed E-state index contributed by atoms with van der Waals surface area (Å²) in [5, 5.41) is 17.9. The van der Waals surface area contributed by atoms with Crippen LogP contribution in [0.4, 0.5) is 4.79 Å². The van der Waals surface area contributed by atoms with Crippen molar-refractivity contribution < 1.29 is 52.8 Å². The highest BCUT2D eigenvalue weighted by molar-refractivity contribution is 6.31. The molecule has 0 aliphatic heterocycles. The summed E-state index contributed by atoms with van der Waals surface area (Å²) in [5.74, 6) is -2.04. The predicted molar refractivity (Wildman–Crippen MR) is 312 cm³/mol. The average Bonchev–Trinajstić information content (AvgIpc) is 3.86. The fraction of sp³-hybridized carbons (Fsp3) is 0.431. The predicted octanol–water partition coefficient (Wildman–Crippen LogP) is 12.3. The topological polar surface area (TPSA) is 188 Å². The van der Waals surface area contributed by atoms with Crippen LogP contribution < -0.4 is 16.0 Å². The van der Waals surface area contributed by atoms with Crippen molar-refractivity contribution >= 4 is 47.5 Å². The smallest absolute Gasteiger partial charge is 0.407 e. The van der Waals surface area contributed by atoms with E-state index in [9.17, 15) is 24.0 Å². The molecule has 80 heavy (non-hydrogen) atoms. The summed E-state index contributed by atoms with van der Waals surface area (Å²) < 4.78 is 29.3. The quantitative estimate of drug-likeness (QED) is 0.0167.